The van der Waals surface area contributed by atoms with Crippen LogP contribution in [0, 0.1) is 10.7 Å². The Morgan fingerprint density at radius 2 is 1.23 bits per heavy atom. The van der Waals surface area contributed by atoms with Crippen molar-refractivity contribution in [3.63, 3.8) is 0 Å². The third-order valence-electron chi connectivity index (χ3n) is 6.57. The number of hydrogen-bond donors (Lipinski definition) is 2. The van der Waals surface area contributed by atoms with E-state index in [2.05, 4.69) is 35.3 Å². The van der Waals surface area contributed by atoms with Gasteiger partial charge in [0.25, 0.3) is 0 Å². The van der Waals surface area contributed by atoms with Crippen LogP contribution < -0.4 is 0 Å². The number of nitrogens with zero attached hydrogens (tertiary/aromatic N) is 6. The van der Waals surface area contributed by atoms with E-state index in [1.54, 1.807) is 24.3 Å². The van der Waals surface area contributed by atoms with Gasteiger partial charge >= 0.3 is 11.9 Å². The molecule has 2 aromatic carbocycles. The molecule has 0 aliphatic heterocycles. The van der Waals surface area contributed by atoms with Crippen molar-refractivity contribution in [3.8, 4) is 5.40 Å². The van der Waals surface area contributed by atoms with Crippen LogP contribution in [0.4, 0.5) is 5.69 Å². The van der Waals surface area contributed by atoms with Crippen molar-refractivity contribution in [2.75, 3.05) is 13.1 Å². The van der Waals surface area contributed by atoms with E-state index in [9.17, 15) is 19.8 Å². The SMILES string of the molecule is N#CSc1ccc(CN(CCN(Cc2ccc(N=C=S)cc2)Cc2cccc(C(=O)O)n2)Cc2cccc(C(=O)O)n2)cc1. The molecule has 4 rings (SSSR count). The number of rotatable bonds is 15. The molecular weight excluding hydrogens is 597 g/mol. The third kappa shape index (κ3) is 9.91. The van der Waals surface area contributed by atoms with Crippen molar-refractivity contribution in [2.45, 2.75) is 31.1 Å². The summed E-state index contributed by atoms with van der Waals surface area (Å²) in [6.45, 7) is 3.09. The van der Waals surface area contributed by atoms with Gasteiger partial charge in [0.15, 0.2) is 0 Å². The minimum Gasteiger partial charge on any atom is -0.477 e. The first-order chi connectivity index (χ1) is 21.3. The number of carboxylic acids is 2. The van der Waals surface area contributed by atoms with Crippen molar-refractivity contribution in [1.29, 1.82) is 5.26 Å². The van der Waals surface area contributed by atoms with Crippen molar-refractivity contribution in [1.82, 2.24) is 19.8 Å². The molecule has 2 aromatic heterocycles. The van der Waals surface area contributed by atoms with E-state index in [1.165, 1.54) is 12.1 Å². The molecule has 0 saturated heterocycles. The quantitative estimate of drug-likeness (QED) is 0.0708. The van der Waals surface area contributed by atoms with Crippen LogP contribution in [0.3, 0.4) is 0 Å². The molecule has 0 saturated carbocycles. The van der Waals surface area contributed by atoms with E-state index in [1.807, 2.05) is 48.5 Å². The Morgan fingerprint density at radius 3 is 1.66 bits per heavy atom. The Labute approximate surface area is 264 Å². The van der Waals surface area contributed by atoms with Crippen LogP contribution in [0.15, 0.2) is 94.8 Å². The lowest BCUT2D eigenvalue weighted by Gasteiger charge is -2.28. The standard InChI is InChI=1S/C32H28N6O4S2/c33-21-44-28-13-9-24(10-14-28)18-38(20-27-4-2-6-30(36-27)32(41)42)16-15-37(17-23-7-11-25(12-8-23)34-22-43)19-26-3-1-5-29(35-26)31(39)40/h1-14H,15-20H2,(H,39,40)(H,41,42). The molecule has 0 aliphatic carbocycles. The van der Waals surface area contributed by atoms with Gasteiger partial charge in [-0.1, -0.05) is 36.4 Å². The average molecular weight is 625 g/mol. The van der Waals surface area contributed by atoms with Crippen LogP contribution in [-0.2, 0) is 26.2 Å². The number of hydrogen-bond acceptors (Lipinski definition) is 10. The minimum atomic E-state index is -1.09. The number of aromatic carboxylic acids is 2. The fraction of sp³-hybridized carbons (Fsp3) is 0.188. The average Bonchev–Trinajstić information content (AvgIpc) is 3.02. The van der Waals surface area contributed by atoms with Crippen molar-refractivity contribution in [3.05, 3.63) is 119 Å². The molecule has 0 radical (unpaired) electrons. The molecule has 222 valence electrons. The van der Waals surface area contributed by atoms with Crippen LogP contribution in [0.5, 0.6) is 0 Å². The van der Waals surface area contributed by atoms with Gasteiger partial charge in [-0.25, -0.2) is 19.6 Å². The maximum absolute atomic E-state index is 11.5. The second-order valence-electron chi connectivity index (χ2n) is 9.77. The molecule has 0 spiro atoms. The number of carboxylic acid groups (broad SMARTS) is 2. The van der Waals surface area contributed by atoms with E-state index < -0.39 is 11.9 Å². The monoisotopic (exact) mass is 624 g/mol. The molecule has 0 amide bonds. The van der Waals surface area contributed by atoms with E-state index in [4.69, 9.17) is 17.5 Å². The molecule has 12 heteroatoms. The molecule has 0 atom stereocenters. The molecule has 0 aliphatic rings. The van der Waals surface area contributed by atoms with E-state index >= 15 is 0 Å². The maximum atomic E-state index is 11.5. The predicted octanol–water partition coefficient (Wildman–Crippen LogP) is 5.89. The topological polar surface area (TPSA) is 143 Å². The molecule has 0 fully saturated rings. The Bertz CT molecular complexity index is 1690. The first-order valence-corrected chi connectivity index (χ1v) is 14.7. The van der Waals surface area contributed by atoms with Gasteiger partial charge in [-0.15, -0.1) is 0 Å². The fourth-order valence-electron chi connectivity index (χ4n) is 4.50. The van der Waals surface area contributed by atoms with Gasteiger partial charge in [0.1, 0.15) is 16.8 Å². The normalized spacial score (nSPS) is 10.8. The Morgan fingerprint density at radius 1 is 0.750 bits per heavy atom. The van der Waals surface area contributed by atoms with E-state index in [-0.39, 0.29) is 11.4 Å². The molecule has 0 unspecified atom stereocenters. The summed E-state index contributed by atoms with van der Waals surface area (Å²) in [5.74, 6) is -2.18. The minimum absolute atomic E-state index is 0.0196. The van der Waals surface area contributed by atoms with Crippen molar-refractivity contribution < 1.29 is 19.8 Å². The number of carbonyl (C=O) groups is 2. The van der Waals surface area contributed by atoms with Gasteiger partial charge in [-0.05, 0) is 83.6 Å². The first-order valence-electron chi connectivity index (χ1n) is 13.5. The summed E-state index contributed by atoms with van der Waals surface area (Å²) in [6.07, 6.45) is 0. The zero-order valence-corrected chi connectivity index (χ0v) is 25.2. The number of aliphatic imine (C=N–C) groups is 1. The Hall–Kier alpha value is -4.76. The number of nitriles is 1. The summed E-state index contributed by atoms with van der Waals surface area (Å²) >= 11 is 5.80. The zero-order chi connectivity index (χ0) is 31.3. The highest BCUT2D eigenvalue weighted by Crippen LogP contribution is 2.19. The summed E-state index contributed by atoms with van der Waals surface area (Å²) < 4.78 is 0. The first kappa shape index (κ1) is 32.2. The van der Waals surface area contributed by atoms with Gasteiger partial charge in [-0.3, -0.25) is 9.80 Å². The van der Waals surface area contributed by atoms with Crippen LogP contribution in [-0.4, -0.2) is 60.2 Å². The molecule has 10 nitrogen and oxygen atoms in total. The van der Waals surface area contributed by atoms with E-state index in [0.717, 1.165) is 27.8 Å². The lowest BCUT2D eigenvalue weighted by molar-refractivity contribution is 0.0679. The van der Waals surface area contributed by atoms with Crippen LogP contribution in [0.25, 0.3) is 0 Å². The number of isothiocyanates is 1. The largest absolute Gasteiger partial charge is 0.477 e. The molecule has 2 N–H and O–H groups in total. The van der Waals surface area contributed by atoms with Crippen molar-refractivity contribution in [2.24, 2.45) is 4.99 Å². The fourth-order valence-corrected chi connectivity index (χ4v) is 4.99. The van der Waals surface area contributed by atoms with Crippen LogP contribution >= 0.6 is 24.0 Å². The lowest BCUT2D eigenvalue weighted by Crippen LogP contribution is -2.34. The molecule has 2 heterocycles. The maximum Gasteiger partial charge on any atom is 0.354 e. The highest BCUT2D eigenvalue weighted by molar-refractivity contribution is 8.03. The van der Waals surface area contributed by atoms with Crippen molar-refractivity contribution >= 4 is 46.8 Å². The smallest absolute Gasteiger partial charge is 0.354 e. The number of benzene rings is 2. The molecule has 4 aromatic rings. The summed E-state index contributed by atoms with van der Waals surface area (Å²) in [7, 11) is 0. The number of thiocyanates is 1. The number of thiocarbonyl (C=S) groups is 1. The second kappa shape index (κ2) is 16.2. The van der Waals surface area contributed by atoms with Crippen LogP contribution in [0.1, 0.15) is 43.5 Å². The second-order valence-corrected chi connectivity index (χ2v) is 10.8. The summed E-state index contributed by atoms with van der Waals surface area (Å²) in [4.78, 5) is 40.9. The summed E-state index contributed by atoms with van der Waals surface area (Å²) in [6, 6.07) is 25.3. The summed E-state index contributed by atoms with van der Waals surface area (Å²) in [5, 5.41) is 32.3. The lowest BCUT2D eigenvalue weighted by atomic mass is 10.1. The van der Waals surface area contributed by atoms with E-state index in [0.29, 0.717) is 56.3 Å². The molecule has 44 heavy (non-hydrogen) atoms. The third-order valence-corrected chi connectivity index (χ3v) is 7.26. The van der Waals surface area contributed by atoms with Gasteiger partial charge in [-0.2, -0.15) is 10.3 Å². The molecule has 0 bridgehead atoms. The zero-order valence-electron chi connectivity index (χ0n) is 23.5. The Balaban J connectivity index is 1.58. The highest BCUT2D eigenvalue weighted by atomic mass is 32.2. The van der Waals surface area contributed by atoms with Gasteiger partial charge < -0.3 is 10.2 Å². The van der Waals surface area contributed by atoms with Gasteiger partial charge in [0.2, 0.25) is 0 Å². The van der Waals surface area contributed by atoms with Gasteiger partial charge in [0.05, 0.1) is 22.2 Å². The Kier molecular flexibility index (Phi) is 11.8. The number of thioether (sulfide) groups is 1. The summed E-state index contributed by atoms with van der Waals surface area (Å²) in [5.41, 5.74) is 3.96. The predicted molar refractivity (Wildman–Crippen MR) is 170 cm³/mol. The highest BCUT2D eigenvalue weighted by Gasteiger charge is 2.16. The number of pyridine rings is 2. The number of aromatic nitrogens is 2. The molecular formula is C32H28N6O4S2. The van der Waals surface area contributed by atoms with Crippen LogP contribution in [0.2, 0.25) is 0 Å². The van der Waals surface area contributed by atoms with Gasteiger partial charge in [0, 0.05) is 44.2 Å².